The fraction of sp³-hybridized carbons (Fsp3) is 0.500. The summed E-state index contributed by atoms with van der Waals surface area (Å²) < 4.78 is 22.7. The molecule has 0 spiro atoms. The van der Waals surface area contributed by atoms with Crippen molar-refractivity contribution >= 4 is 7.60 Å². The van der Waals surface area contributed by atoms with Crippen molar-refractivity contribution in [3.63, 3.8) is 0 Å². The van der Waals surface area contributed by atoms with Crippen molar-refractivity contribution in [1.29, 1.82) is 0 Å². The summed E-state index contributed by atoms with van der Waals surface area (Å²) in [4.78, 5) is 0. The van der Waals surface area contributed by atoms with Gasteiger partial charge < -0.3 is 19.3 Å². The van der Waals surface area contributed by atoms with Crippen LogP contribution < -0.4 is 0 Å². The summed E-state index contributed by atoms with van der Waals surface area (Å²) in [6.07, 6.45) is 0.980. The molecule has 1 aliphatic heterocycles. The fourth-order valence-corrected chi connectivity index (χ4v) is 3.96. The van der Waals surface area contributed by atoms with Crippen LogP contribution in [0.1, 0.15) is 24.8 Å². The predicted octanol–water partition coefficient (Wildman–Crippen LogP) is 2.83. The number of benzene rings is 1. The second-order valence-electron chi connectivity index (χ2n) is 4.46. The van der Waals surface area contributed by atoms with Crippen LogP contribution in [0.25, 0.3) is 0 Å². The normalized spacial score (nSPS) is 20.5. The fourth-order valence-electron chi connectivity index (χ4n) is 1.99. The smallest absolute Gasteiger partial charge is 0.331 e. The van der Waals surface area contributed by atoms with Gasteiger partial charge >= 0.3 is 7.60 Å². The van der Waals surface area contributed by atoms with Gasteiger partial charge in [-0.15, -0.1) is 0 Å². The Morgan fingerprint density at radius 1 is 1.33 bits per heavy atom. The lowest BCUT2D eigenvalue weighted by Crippen LogP contribution is -2.13. The quantitative estimate of drug-likeness (QED) is 0.827. The molecule has 2 rings (SSSR count). The minimum atomic E-state index is -3.04. The molecule has 6 heteroatoms. The number of rotatable bonds is 3. The van der Waals surface area contributed by atoms with Crippen LogP contribution in [0.2, 0.25) is 0 Å². The third-order valence-electron chi connectivity index (χ3n) is 2.91. The number of phenols is 2. The van der Waals surface area contributed by atoms with Crippen molar-refractivity contribution in [1.82, 2.24) is 0 Å². The van der Waals surface area contributed by atoms with Gasteiger partial charge in [-0.3, -0.25) is 4.57 Å². The minimum absolute atomic E-state index is 0.000231. The van der Waals surface area contributed by atoms with Crippen LogP contribution in [0.4, 0.5) is 0 Å². The van der Waals surface area contributed by atoms with Crippen LogP contribution in [0, 0.1) is 0 Å². The topological polar surface area (TPSA) is 76.0 Å². The maximum absolute atomic E-state index is 12.2. The van der Waals surface area contributed by atoms with Crippen molar-refractivity contribution in [2.45, 2.75) is 19.3 Å². The zero-order valence-corrected chi connectivity index (χ0v) is 11.1. The zero-order chi connectivity index (χ0) is 13.2. The Labute approximate surface area is 106 Å². The van der Waals surface area contributed by atoms with Crippen molar-refractivity contribution in [3.8, 4) is 11.5 Å². The first-order chi connectivity index (χ1) is 8.50. The van der Waals surface area contributed by atoms with Crippen LogP contribution >= 0.6 is 7.60 Å². The molecule has 0 saturated carbocycles. The van der Waals surface area contributed by atoms with Gasteiger partial charge in [-0.1, -0.05) is 13.0 Å². The summed E-state index contributed by atoms with van der Waals surface area (Å²) >= 11 is 0. The summed E-state index contributed by atoms with van der Waals surface area (Å²) in [5.41, 5.74) is 0.626. The lowest BCUT2D eigenvalue weighted by Gasteiger charge is -2.25. The van der Waals surface area contributed by atoms with Crippen LogP contribution in [0.5, 0.6) is 11.5 Å². The van der Waals surface area contributed by atoms with E-state index < -0.39 is 7.60 Å². The van der Waals surface area contributed by atoms with Gasteiger partial charge in [0.25, 0.3) is 0 Å². The molecule has 0 aliphatic carbocycles. The third-order valence-corrected chi connectivity index (χ3v) is 5.05. The first kappa shape index (κ1) is 13.4. The van der Waals surface area contributed by atoms with Gasteiger partial charge in [0, 0.05) is 6.07 Å². The molecule has 100 valence electrons. The summed E-state index contributed by atoms with van der Waals surface area (Å²) in [7, 11) is -3.04. The molecule has 1 atom stereocenters. The van der Waals surface area contributed by atoms with Crippen molar-refractivity contribution in [2.75, 3.05) is 19.4 Å². The highest BCUT2D eigenvalue weighted by atomic mass is 31.2. The van der Waals surface area contributed by atoms with Gasteiger partial charge in [0.05, 0.1) is 19.4 Å². The van der Waals surface area contributed by atoms with Crippen molar-refractivity contribution in [3.05, 3.63) is 23.8 Å². The van der Waals surface area contributed by atoms with E-state index in [1.165, 1.54) is 12.1 Å². The predicted molar refractivity (Wildman–Crippen MR) is 67.2 cm³/mol. The number of hydrogen-bond acceptors (Lipinski definition) is 5. The summed E-state index contributed by atoms with van der Waals surface area (Å²) in [5, 5.41) is 19.0. The van der Waals surface area contributed by atoms with E-state index in [9.17, 15) is 14.8 Å². The Bertz CT molecular complexity index is 464. The molecule has 0 bridgehead atoms. The molecule has 5 nitrogen and oxygen atoms in total. The van der Waals surface area contributed by atoms with E-state index >= 15 is 0 Å². The van der Waals surface area contributed by atoms with E-state index in [1.54, 1.807) is 6.07 Å². The molecule has 0 radical (unpaired) electrons. The Kier molecular flexibility index (Phi) is 3.95. The van der Waals surface area contributed by atoms with Gasteiger partial charge in [0.1, 0.15) is 11.5 Å². The van der Waals surface area contributed by atoms with Gasteiger partial charge in [-0.2, -0.15) is 0 Å². The van der Waals surface area contributed by atoms with E-state index in [4.69, 9.17) is 9.05 Å². The largest absolute Gasteiger partial charge is 0.508 e. The Balaban J connectivity index is 2.11. The van der Waals surface area contributed by atoms with Crippen LogP contribution in [-0.4, -0.2) is 29.6 Å². The van der Waals surface area contributed by atoms with Crippen molar-refractivity contribution in [2.24, 2.45) is 0 Å². The molecule has 1 saturated heterocycles. The van der Waals surface area contributed by atoms with E-state index in [2.05, 4.69) is 0 Å². The molecule has 1 heterocycles. The maximum Gasteiger partial charge on any atom is 0.331 e. The second kappa shape index (κ2) is 5.31. The number of hydrogen-bond donors (Lipinski definition) is 2. The molecular weight excluding hydrogens is 255 g/mol. The summed E-state index contributed by atoms with van der Waals surface area (Å²) in [5.74, 6) is -0.180. The average molecular weight is 272 g/mol. The highest BCUT2D eigenvalue weighted by Crippen LogP contribution is 2.53. The summed E-state index contributed by atoms with van der Waals surface area (Å²) in [6, 6.07) is 4.37. The lowest BCUT2D eigenvalue weighted by atomic mass is 10.0. The SMILES string of the molecule is CC(CP1(=O)OCCCO1)c1ccc(O)cc1O. The lowest BCUT2D eigenvalue weighted by molar-refractivity contribution is 0.145. The Morgan fingerprint density at radius 2 is 2.00 bits per heavy atom. The molecule has 18 heavy (non-hydrogen) atoms. The van der Waals surface area contributed by atoms with Crippen molar-refractivity contribution < 1.29 is 23.8 Å². The molecule has 0 amide bonds. The van der Waals surface area contributed by atoms with Gasteiger partial charge in [-0.25, -0.2) is 0 Å². The highest BCUT2D eigenvalue weighted by Gasteiger charge is 2.31. The first-order valence-corrected chi connectivity index (χ1v) is 7.63. The summed E-state index contributed by atoms with van der Waals surface area (Å²) in [6.45, 7) is 2.74. The monoisotopic (exact) mass is 272 g/mol. The van der Waals surface area contributed by atoms with Crippen LogP contribution in [-0.2, 0) is 13.6 Å². The molecule has 1 aliphatic rings. The zero-order valence-electron chi connectivity index (χ0n) is 10.2. The van der Waals surface area contributed by atoms with Gasteiger partial charge in [-0.05, 0) is 24.0 Å². The van der Waals surface area contributed by atoms with E-state index in [1.807, 2.05) is 6.92 Å². The molecule has 2 N–H and O–H groups in total. The van der Waals surface area contributed by atoms with E-state index in [-0.39, 0.29) is 23.6 Å². The van der Waals surface area contributed by atoms with Gasteiger partial charge in [0.15, 0.2) is 0 Å². The second-order valence-corrected chi connectivity index (χ2v) is 6.56. The Morgan fingerprint density at radius 3 is 2.61 bits per heavy atom. The van der Waals surface area contributed by atoms with Crippen LogP contribution in [0.15, 0.2) is 18.2 Å². The number of phenolic OH excluding ortho intramolecular Hbond substituents is 2. The average Bonchev–Trinajstić information content (AvgIpc) is 2.28. The Hall–Kier alpha value is -1.03. The minimum Gasteiger partial charge on any atom is -0.508 e. The molecule has 1 aromatic rings. The molecular formula is C12H17O5P. The molecule has 0 aromatic heterocycles. The highest BCUT2D eigenvalue weighted by molar-refractivity contribution is 7.53. The molecule has 1 aromatic carbocycles. The third kappa shape index (κ3) is 3.05. The molecule has 1 unspecified atom stereocenters. The van der Waals surface area contributed by atoms with Crippen LogP contribution in [0.3, 0.4) is 0 Å². The van der Waals surface area contributed by atoms with E-state index in [0.29, 0.717) is 18.8 Å². The maximum atomic E-state index is 12.2. The first-order valence-electron chi connectivity index (χ1n) is 5.90. The van der Waals surface area contributed by atoms with Gasteiger partial charge in [0.2, 0.25) is 0 Å². The molecule has 1 fully saturated rings. The standard InChI is InChI=1S/C12H17O5P/c1-9(8-18(15)16-5-2-6-17-18)11-4-3-10(13)7-12(11)14/h3-4,7,9,13-14H,2,5-6,8H2,1H3. The number of aromatic hydroxyl groups is 2. The van der Waals surface area contributed by atoms with E-state index in [0.717, 1.165) is 6.42 Å².